The van der Waals surface area contributed by atoms with Crippen molar-refractivity contribution in [3.8, 4) is 5.75 Å². The van der Waals surface area contributed by atoms with Gasteiger partial charge in [-0.15, -0.1) is 0 Å². The van der Waals surface area contributed by atoms with Gasteiger partial charge >= 0.3 is 12.1 Å². The Bertz CT molecular complexity index is 992. The van der Waals surface area contributed by atoms with Crippen molar-refractivity contribution in [3.05, 3.63) is 84.4 Å². The van der Waals surface area contributed by atoms with Crippen LogP contribution >= 0.6 is 0 Å². The fraction of sp³-hybridized carbons (Fsp3) is 0.0909. The highest BCUT2D eigenvalue weighted by atomic mass is 16.3. The van der Waals surface area contributed by atoms with Crippen molar-refractivity contribution in [2.75, 3.05) is 23.0 Å². The summed E-state index contributed by atoms with van der Waals surface area (Å²) < 4.78 is 0. The number of hydrogen-bond donors (Lipinski definition) is 4. The number of benzene rings is 3. The standard InChI is InChI=1S/C22H22N4O3/c1-26(15-16-8-5-6-13-20(16)27)22(29)25-19-12-7-11-18(14-19)24-21(28)23-17-9-3-2-4-10-17/h2-14,27H,15H2,1H3,(H,25,29)(H2,23,24,28). The van der Waals surface area contributed by atoms with Gasteiger partial charge in [0, 0.05) is 29.7 Å². The molecule has 0 aromatic heterocycles. The minimum Gasteiger partial charge on any atom is -0.508 e. The van der Waals surface area contributed by atoms with Gasteiger partial charge in [0.25, 0.3) is 0 Å². The first-order chi connectivity index (χ1) is 14.0. The van der Waals surface area contributed by atoms with Crippen LogP contribution in [0.1, 0.15) is 5.56 Å². The molecule has 7 heteroatoms. The monoisotopic (exact) mass is 390 g/mol. The van der Waals surface area contributed by atoms with Crippen molar-refractivity contribution in [2.45, 2.75) is 6.54 Å². The maximum absolute atomic E-state index is 12.4. The second-order valence-electron chi connectivity index (χ2n) is 6.44. The van der Waals surface area contributed by atoms with Gasteiger partial charge in [0.1, 0.15) is 5.75 Å². The number of phenolic OH excluding ortho intramolecular Hbond substituents is 1. The Labute approximate surface area is 169 Å². The molecule has 3 aromatic carbocycles. The number of amides is 4. The van der Waals surface area contributed by atoms with Gasteiger partial charge in [0.2, 0.25) is 0 Å². The summed E-state index contributed by atoms with van der Waals surface area (Å²) in [6, 6.07) is 22.1. The van der Waals surface area contributed by atoms with Gasteiger partial charge < -0.3 is 26.0 Å². The van der Waals surface area contributed by atoms with E-state index < -0.39 is 0 Å². The maximum Gasteiger partial charge on any atom is 0.323 e. The van der Waals surface area contributed by atoms with E-state index in [1.165, 1.54) is 4.90 Å². The zero-order valence-electron chi connectivity index (χ0n) is 15.9. The smallest absolute Gasteiger partial charge is 0.323 e. The molecule has 0 aliphatic heterocycles. The molecule has 7 nitrogen and oxygen atoms in total. The Morgan fingerprint density at radius 3 is 2.10 bits per heavy atom. The molecule has 0 atom stereocenters. The van der Waals surface area contributed by atoms with Crippen LogP contribution in [0.15, 0.2) is 78.9 Å². The van der Waals surface area contributed by atoms with Crippen molar-refractivity contribution in [3.63, 3.8) is 0 Å². The van der Waals surface area contributed by atoms with Gasteiger partial charge in [-0.3, -0.25) is 0 Å². The first kappa shape index (κ1) is 19.8. The molecule has 0 saturated carbocycles. The largest absolute Gasteiger partial charge is 0.508 e. The highest BCUT2D eigenvalue weighted by molar-refractivity contribution is 6.00. The number of rotatable bonds is 5. The van der Waals surface area contributed by atoms with Gasteiger partial charge in [-0.1, -0.05) is 42.5 Å². The van der Waals surface area contributed by atoms with E-state index in [0.29, 0.717) is 22.6 Å². The molecule has 0 aliphatic carbocycles. The highest BCUT2D eigenvalue weighted by Crippen LogP contribution is 2.19. The van der Waals surface area contributed by atoms with Crippen molar-refractivity contribution in [1.29, 1.82) is 0 Å². The molecule has 3 aromatic rings. The fourth-order valence-corrected chi connectivity index (χ4v) is 2.68. The quantitative estimate of drug-likeness (QED) is 0.509. The van der Waals surface area contributed by atoms with E-state index >= 15 is 0 Å². The van der Waals surface area contributed by atoms with Gasteiger partial charge in [-0.2, -0.15) is 0 Å². The van der Waals surface area contributed by atoms with Crippen LogP contribution in [-0.4, -0.2) is 29.1 Å². The third-order valence-electron chi connectivity index (χ3n) is 4.15. The van der Waals surface area contributed by atoms with E-state index in [1.807, 2.05) is 18.2 Å². The SMILES string of the molecule is CN(Cc1ccccc1O)C(=O)Nc1cccc(NC(=O)Nc2ccccc2)c1. The summed E-state index contributed by atoms with van der Waals surface area (Å²) in [7, 11) is 1.64. The summed E-state index contributed by atoms with van der Waals surface area (Å²) in [5, 5.41) is 18.1. The average molecular weight is 390 g/mol. The van der Waals surface area contributed by atoms with Crippen LogP contribution in [-0.2, 0) is 6.54 Å². The van der Waals surface area contributed by atoms with E-state index in [1.54, 1.807) is 67.7 Å². The number of para-hydroxylation sites is 2. The number of hydrogen-bond acceptors (Lipinski definition) is 3. The number of nitrogens with zero attached hydrogens (tertiary/aromatic N) is 1. The summed E-state index contributed by atoms with van der Waals surface area (Å²) in [4.78, 5) is 26.0. The molecule has 0 fully saturated rings. The zero-order chi connectivity index (χ0) is 20.6. The number of anilines is 3. The molecule has 0 heterocycles. The molecule has 29 heavy (non-hydrogen) atoms. The minimum absolute atomic E-state index is 0.141. The maximum atomic E-state index is 12.4. The average Bonchev–Trinajstić information content (AvgIpc) is 2.70. The lowest BCUT2D eigenvalue weighted by atomic mass is 10.2. The topological polar surface area (TPSA) is 93.7 Å². The molecule has 4 N–H and O–H groups in total. The Hall–Kier alpha value is -4.00. The molecule has 0 unspecified atom stereocenters. The molecule has 3 rings (SSSR count). The van der Waals surface area contributed by atoms with Crippen LogP contribution in [0, 0.1) is 0 Å². The van der Waals surface area contributed by atoms with Gasteiger partial charge in [-0.05, 0) is 36.4 Å². The van der Waals surface area contributed by atoms with Crippen molar-refractivity contribution >= 4 is 29.1 Å². The van der Waals surface area contributed by atoms with Gasteiger partial charge in [0.05, 0.1) is 6.54 Å². The molecule has 0 bridgehead atoms. The number of phenols is 1. The van der Waals surface area contributed by atoms with Crippen molar-refractivity contribution in [2.24, 2.45) is 0 Å². The minimum atomic E-state index is -0.378. The summed E-state index contributed by atoms with van der Waals surface area (Å²) in [6.45, 7) is 0.260. The van der Waals surface area contributed by atoms with E-state index in [4.69, 9.17) is 0 Å². The fourth-order valence-electron chi connectivity index (χ4n) is 2.68. The first-order valence-electron chi connectivity index (χ1n) is 9.03. The second-order valence-corrected chi connectivity index (χ2v) is 6.44. The molecule has 4 amide bonds. The van der Waals surface area contributed by atoms with E-state index in [-0.39, 0.29) is 24.4 Å². The molecule has 0 spiro atoms. The number of nitrogens with one attached hydrogen (secondary N) is 3. The second kappa shape index (κ2) is 9.27. The predicted octanol–water partition coefficient (Wildman–Crippen LogP) is 4.70. The number of carbonyl (C=O) groups excluding carboxylic acids is 2. The zero-order valence-corrected chi connectivity index (χ0v) is 15.9. The van der Waals surface area contributed by atoms with Gasteiger partial charge in [-0.25, -0.2) is 9.59 Å². The lowest BCUT2D eigenvalue weighted by Gasteiger charge is -2.19. The summed E-state index contributed by atoms with van der Waals surface area (Å²) in [5.74, 6) is 0.141. The Morgan fingerprint density at radius 2 is 1.38 bits per heavy atom. The third-order valence-corrected chi connectivity index (χ3v) is 4.15. The highest BCUT2D eigenvalue weighted by Gasteiger charge is 2.12. The van der Waals surface area contributed by atoms with E-state index in [0.717, 1.165) is 0 Å². The number of aromatic hydroxyl groups is 1. The Morgan fingerprint density at radius 1 is 0.793 bits per heavy atom. The molecule has 0 radical (unpaired) electrons. The Kier molecular flexibility index (Phi) is 6.32. The van der Waals surface area contributed by atoms with Gasteiger partial charge in [0.15, 0.2) is 0 Å². The number of urea groups is 2. The molecule has 0 saturated heterocycles. The summed E-state index contributed by atoms with van der Waals surface area (Å²) in [6.07, 6.45) is 0. The molecular weight excluding hydrogens is 368 g/mol. The van der Waals surface area contributed by atoms with Crippen molar-refractivity contribution in [1.82, 2.24) is 4.90 Å². The van der Waals surface area contributed by atoms with Crippen LogP contribution in [0.25, 0.3) is 0 Å². The first-order valence-corrected chi connectivity index (χ1v) is 9.03. The van der Waals surface area contributed by atoms with Crippen LogP contribution in [0.5, 0.6) is 5.75 Å². The van der Waals surface area contributed by atoms with E-state index in [9.17, 15) is 14.7 Å². The van der Waals surface area contributed by atoms with Crippen molar-refractivity contribution < 1.29 is 14.7 Å². The van der Waals surface area contributed by atoms with Crippen LogP contribution < -0.4 is 16.0 Å². The van der Waals surface area contributed by atoms with Crippen LogP contribution in [0.3, 0.4) is 0 Å². The molecular formula is C22H22N4O3. The summed E-state index contributed by atoms with van der Waals surface area (Å²) >= 11 is 0. The Balaban J connectivity index is 1.58. The van der Waals surface area contributed by atoms with E-state index in [2.05, 4.69) is 16.0 Å². The normalized spacial score (nSPS) is 10.1. The predicted molar refractivity (Wildman–Crippen MR) is 114 cm³/mol. The lowest BCUT2D eigenvalue weighted by molar-refractivity contribution is 0.220. The molecule has 148 valence electrons. The van der Waals surface area contributed by atoms with Crippen LogP contribution in [0.2, 0.25) is 0 Å². The molecule has 0 aliphatic rings. The third kappa shape index (κ3) is 5.74. The summed E-state index contributed by atoms with van der Waals surface area (Å²) in [5.41, 5.74) is 2.41. The lowest BCUT2D eigenvalue weighted by Crippen LogP contribution is -2.30. The number of carbonyl (C=O) groups is 2. The van der Waals surface area contributed by atoms with Crippen LogP contribution in [0.4, 0.5) is 26.7 Å².